The molecule has 0 rings (SSSR count). The van der Waals surface area contributed by atoms with Crippen LogP contribution in [0, 0.1) is 12.3 Å². The summed E-state index contributed by atoms with van der Waals surface area (Å²) in [5.74, 6) is -0.809. The largest absolute Gasteiger partial charge is 0.352 e. The van der Waals surface area contributed by atoms with Crippen LogP contribution in [0.15, 0.2) is 0 Å². The molecule has 1 atom stereocenters. The van der Waals surface area contributed by atoms with Gasteiger partial charge in [-0.25, -0.2) is 0 Å². The van der Waals surface area contributed by atoms with E-state index in [1.54, 1.807) is 5.92 Å². The summed E-state index contributed by atoms with van der Waals surface area (Å²) < 4.78 is 11.9. The van der Waals surface area contributed by atoms with Crippen LogP contribution >= 0.6 is 0 Å². The van der Waals surface area contributed by atoms with Crippen molar-refractivity contribution >= 4 is 0 Å². The number of hydrogen-bond donors (Lipinski definition) is 1. The average molecular weight is 102 g/mol. The van der Waals surface area contributed by atoms with Crippen LogP contribution in [-0.2, 0) is 0 Å². The summed E-state index contributed by atoms with van der Waals surface area (Å²) in [6.45, 7) is 1.47. The van der Waals surface area contributed by atoms with Crippen LogP contribution in [0.25, 0.3) is 0 Å². The van der Waals surface area contributed by atoms with Crippen molar-refractivity contribution in [3.63, 3.8) is 0 Å². The second-order valence-electron chi connectivity index (χ2n) is 1.26. The maximum absolute atomic E-state index is 11.9. The van der Waals surface area contributed by atoms with Gasteiger partial charge in [-0.2, -0.15) is 4.39 Å². The summed E-state index contributed by atoms with van der Waals surface area (Å²) in [7, 11) is 0. The molecule has 0 aliphatic carbocycles. The van der Waals surface area contributed by atoms with Crippen LogP contribution in [0.2, 0.25) is 0 Å². The Hall–Kier alpha value is -0.550. The van der Waals surface area contributed by atoms with E-state index < -0.39 is 5.85 Å². The molecular formula is C5H7FO. The molecule has 0 bridgehead atoms. The maximum Gasteiger partial charge on any atom is 0.269 e. The molecule has 1 unspecified atom stereocenters. The lowest BCUT2D eigenvalue weighted by Crippen LogP contribution is -2.16. The Balaban J connectivity index is 3.66. The van der Waals surface area contributed by atoms with Gasteiger partial charge in [0, 0.05) is 6.42 Å². The van der Waals surface area contributed by atoms with Crippen molar-refractivity contribution in [1.82, 2.24) is 0 Å². The molecule has 0 aromatic rings. The predicted molar refractivity (Wildman–Crippen MR) is 25.2 cm³/mol. The zero-order valence-corrected chi connectivity index (χ0v) is 4.11. The van der Waals surface area contributed by atoms with Gasteiger partial charge in [-0.15, -0.1) is 6.42 Å². The van der Waals surface area contributed by atoms with E-state index in [0.29, 0.717) is 0 Å². The van der Waals surface area contributed by atoms with Crippen molar-refractivity contribution in [2.75, 3.05) is 0 Å². The SMILES string of the molecule is C#CC(O)(F)CC. The zero-order chi connectivity index (χ0) is 5.91. The van der Waals surface area contributed by atoms with Crippen LogP contribution in [-0.4, -0.2) is 11.0 Å². The molecule has 1 N–H and O–H groups in total. The second kappa shape index (κ2) is 1.94. The summed E-state index contributed by atoms with van der Waals surface area (Å²) in [6.07, 6.45) is 4.49. The van der Waals surface area contributed by atoms with Crippen LogP contribution in [0.1, 0.15) is 13.3 Å². The van der Waals surface area contributed by atoms with Crippen molar-refractivity contribution < 1.29 is 9.50 Å². The van der Waals surface area contributed by atoms with Crippen molar-refractivity contribution in [1.29, 1.82) is 0 Å². The molecule has 0 aromatic heterocycles. The van der Waals surface area contributed by atoms with Gasteiger partial charge in [0.05, 0.1) is 0 Å². The van der Waals surface area contributed by atoms with Crippen LogP contribution in [0.3, 0.4) is 0 Å². The molecule has 0 fully saturated rings. The fourth-order valence-corrected chi connectivity index (χ4v) is 0.102. The van der Waals surface area contributed by atoms with E-state index in [1.807, 2.05) is 0 Å². The number of aliphatic hydroxyl groups is 1. The van der Waals surface area contributed by atoms with E-state index in [-0.39, 0.29) is 6.42 Å². The quantitative estimate of drug-likeness (QED) is 0.483. The van der Waals surface area contributed by atoms with Gasteiger partial charge >= 0.3 is 0 Å². The molecule has 1 nitrogen and oxygen atoms in total. The van der Waals surface area contributed by atoms with E-state index >= 15 is 0 Å². The summed E-state index contributed by atoms with van der Waals surface area (Å²) >= 11 is 0. The second-order valence-corrected chi connectivity index (χ2v) is 1.26. The smallest absolute Gasteiger partial charge is 0.269 e. The van der Waals surface area contributed by atoms with Gasteiger partial charge in [-0.05, 0) is 5.92 Å². The highest BCUT2D eigenvalue weighted by Crippen LogP contribution is 2.07. The minimum atomic E-state index is -2.39. The highest BCUT2D eigenvalue weighted by Gasteiger charge is 2.17. The number of alkyl halides is 1. The fourth-order valence-electron chi connectivity index (χ4n) is 0.102. The molecule has 40 valence electrons. The van der Waals surface area contributed by atoms with Gasteiger partial charge in [-0.3, -0.25) is 0 Å². The Kier molecular flexibility index (Phi) is 1.79. The average Bonchev–Trinajstić information content (AvgIpc) is 1.68. The predicted octanol–water partition coefficient (Wildman–Crippen LogP) is 0.688. The fraction of sp³-hybridized carbons (Fsp3) is 0.600. The normalized spacial score (nSPS) is 17.4. The van der Waals surface area contributed by atoms with E-state index in [9.17, 15) is 4.39 Å². The Morgan fingerprint density at radius 1 is 2.00 bits per heavy atom. The molecule has 0 aromatic carbocycles. The van der Waals surface area contributed by atoms with E-state index in [2.05, 4.69) is 6.42 Å². The Morgan fingerprint density at radius 2 is 2.43 bits per heavy atom. The van der Waals surface area contributed by atoms with Crippen molar-refractivity contribution in [3.8, 4) is 12.3 Å². The summed E-state index contributed by atoms with van der Waals surface area (Å²) in [6, 6.07) is 0. The molecule has 0 saturated carbocycles. The van der Waals surface area contributed by atoms with Crippen molar-refractivity contribution in [2.45, 2.75) is 19.2 Å². The first-order chi connectivity index (χ1) is 3.12. The standard InChI is InChI=1S/C5H7FO/c1-3-5(6,7)4-2/h1,7H,4H2,2H3. The first-order valence-corrected chi connectivity index (χ1v) is 2.01. The molecule has 0 aliphatic heterocycles. The Labute approximate surface area is 42.2 Å². The minimum Gasteiger partial charge on any atom is -0.352 e. The molecule has 7 heavy (non-hydrogen) atoms. The number of rotatable bonds is 1. The minimum absolute atomic E-state index is 0.0521. The van der Waals surface area contributed by atoms with Crippen LogP contribution in [0.5, 0.6) is 0 Å². The summed E-state index contributed by atoms with van der Waals surface area (Å²) in [5.41, 5.74) is 0. The first kappa shape index (κ1) is 6.45. The van der Waals surface area contributed by atoms with Crippen LogP contribution < -0.4 is 0 Å². The molecule has 0 heterocycles. The van der Waals surface area contributed by atoms with Crippen molar-refractivity contribution in [3.05, 3.63) is 0 Å². The van der Waals surface area contributed by atoms with Crippen LogP contribution in [0.4, 0.5) is 4.39 Å². The number of hydrogen-bond acceptors (Lipinski definition) is 1. The maximum atomic E-state index is 11.9. The highest BCUT2D eigenvalue weighted by atomic mass is 19.2. The molecular weight excluding hydrogens is 95.1 g/mol. The third-order valence-electron chi connectivity index (χ3n) is 0.690. The van der Waals surface area contributed by atoms with Gasteiger partial charge in [0.15, 0.2) is 0 Å². The lowest BCUT2D eigenvalue weighted by molar-refractivity contribution is -0.0337. The van der Waals surface area contributed by atoms with Gasteiger partial charge in [0.25, 0.3) is 5.85 Å². The van der Waals surface area contributed by atoms with E-state index in [0.717, 1.165) is 0 Å². The summed E-state index contributed by atoms with van der Waals surface area (Å²) in [4.78, 5) is 0. The lowest BCUT2D eigenvalue weighted by Gasteiger charge is -2.05. The molecule has 0 saturated heterocycles. The molecule has 0 radical (unpaired) electrons. The first-order valence-electron chi connectivity index (χ1n) is 2.01. The van der Waals surface area contributed by atoms with Gasteiger partial charge in [0.2, 0.25) is 0 Å². The third kappa shape index (κ3) is 2.18. The van der Waals surface area contributed by atoms with E-state index in [1.165, 1.54) is 6.92 Å². The topological polar surface area (TPSA) is 20.2 Å². The zero-order valence-electron chi connectivity index (χ0n) is 4.11. The molecule has 2 heteroatoms. The van der Waals surface area contributed by atoms with Gasteiger partial charge in [-0.1, -0.05) is 6.92 Å². The Morgan fingerprint density at radius 3 is 2.43 bits per heavy atom. The van der Waals surface area contributed by atoms with Gasteiger partial charge < -0.3 is 5.11 Å². The summed E-state index contributed by atoms with van der Waals surface area (Å²) in [5, 5.41) is 8.23. The lowest BCUT2D eigenvalue weighted by atomic mass is 10.3. The van der Waals surface area contributed by atoms with Crippen molar-refractivity contribution in [2.24, 2.45) is 0 Å². The Bertz CT molecular complexity index is 90.7. The van der Waals surface area contributed by atoms with Gasteiger partial charge in [0.1, 0.15) is 0 Å². The number of halogens is 1. The monoisotopic (exact) mass is 102 g/mol. The third-order valence-corrected chi connectivity index (χ3v) is 0.690. The molecule has 0 spiro atoms. The number of terminal acetylenes is 1. The molecule has 0 amide bonds. The van der Waals surface area contributed by atoms with E-state index in [4.69, 9.17) is 5.11 Å². The molecule has 0 aliphatic rings. The highest BCUT2D eigenvalue weighted by molar-refractivity contribution is 4.98.